The highest BCUT2D eigenvalue weighted by Gasteiger charge is 2.26. The number of pyridine rings is 1. The molecule has 2 aromatic heterocycles. The van der Waals surface area contributed by atoms with Crippen molar-refractivity contribution in [1.29, 1.82) is 0 Å². The van der Waals surface area contributed by atoms with Gasteiger partial charge in [0.25, 0.3) is 5.91 Å². The first-order chi connectivity index (χ1) is 20.3. The number of nitrogens with zero attached hydrogens (tertiary/aromatic N) is 5. The SMILES string of the molecule is CCN(CC)c1ncc(N(CC)C(=O)c2cc[nH+]cc2)c(N[C@@H](Cc2ccc(OC(=O)N3CCCC3)cc2)C(=O)O)n1. The van der Waals surface area contributed by atoms with Crippen molar-refractivity contribution in [2.24, 2.45) is 0 Å². The van der Waals surface area contributed by atoms with Gasteiger partial charge in [0.05, 0.1) is 11.8 Å². The summed E-state index contributed by atoms with van der Waals surface area (Å²) < 4.78 is 5.47. The summed E-state index contributed by atoms with van der Waals surface area (Å²) in [6.45, 7) is 8.80. The van der Waals surface area contributed by atoms with Gasteiger partial charge in [-0.15, -0.1) is 0 Å². The summed E-state index contributed by atoms with van der Waals surface area (Å²) in [6, 6.07) is 9.07. The number of rotatable bonds is 12. The van der Waals surface area contributed by atoms with Crippen LogP contribution in [0.5, 0.6) is 5.75 Å². The molecule has 1 aliphatic rings. The lowest BCUT2D eigenvalue weighted by Crippen LogP contribution is -2.36. The normalized spacial score (nSPS) is 13.4. The molecule has 1 saturated heterocycles. The zero-order chi connectivity index (χ0) is 30.1. The van der Waals surface area contributed by atoms with Gasteiger partial charge in [-0.1, -0.05) is 12.1 Å². The quantitative estimate of drug-likeness (QED) is 0.331. The fourth-order valence-corrected chi connectivity index (χ4v) is 4.80. The fraction of sp³-hybridized carbons (Fsp3) is 0.400. The second-order valence-corrected chi connectivity index (χ2v) is 9.86. The summed E-state index contributed by atoms with van der Waals surface area (Å²) in [6.07, 6.45) is 6.57. The Balaban J connectivity index is 1.59. The van der Waals surface area contributed by atoms with Crippen LogP contribution in [0.15, 0.2) is 55.0 Å². The number of aromatic nitrogens is 3. The Labute approximate surface area is 245 Å². The molecule has 0 spiro atoms. The van der Waals surface area contributed by atoms with E-state index in [-0.39, 0.29) is 24.2 Å². The van der Waals surface area contributed by atoms with E-state index in [2.05, 4.69) is 20.3 Å². The van der Waals surface area contributed by atoms with Crippen molar-refractivity contribution >= 4 is 35.4 Å². The molecule has 4 rings (SSSR count). The smallest absolute Gasteiger partial charge is 0.415 e. The molecule has 2 amide bonds. The molecule has 3 N–H and O–H groups in total. The molecular formula is C30H38N7O5+. The number of likely N-dealkylation sites (tertiary alicyclic amines) is 1. The Kier molecular flexibility index (Phi) is 10.2. The van der Waals surface area contributed by atoms with Gasteiger partial charge in [-0.2, -0.15) is 4.98 Å². The minimum absolute atomic E-state index is 0.119. The van der Waals surface area contributed by atoms with Crippen molar-refractivity contribution in [2.75, 3.05) is 47.8 Å². The Morgan fingerprint density at radius 3 is 2.29 bits per heavy atom. The molecule has 42 heavy (non-hydrogen) atoms. The second-order valence-electron chi connectivity index (χ2n) is 9.86. The number of amides is 2. The van der Waals surface area contributed by atoms with Gasteiger partial charge in [0.15, 0.2) is 18.2 Å². The minimum Gasteiger partial charge on any atom is -0.480 e. The van der Waals surface area contributed by atoms with Crippen LogP contribution in [0, 0.1) is 0 Å². The minimum atomic E-state index is -1.08. The van der Waals surface area contributed by atoms with Crippen molar-refractivity contribution in [1.82, 2.24) is 14.9 Å². The summed E-state index contributed by atoms with van der Waals surface area (Å²) in [5, 5.41) is 13.2. The van der Waals surface area contributed by atoms with Crippen molar-refractivity contribution < 1.29 is 29.2 Å². The van der Waals surface area contributed by atoms with E-state index in [9.17, 15) is 19.5 Å². The zero-order valence-corrected chi connectivity index (χ0v) is 24.2. The van der Waals surface area contributed by atoms with Gasteiger partial charge >= 0.3 is 12.1 Å². The fourth-order valence-electron chi connectivity index (χ4n) is 4.80. The van der Waals surface area contributed by atoms with E-state index in [1.165, 1.54) is 4.90 Å². The van der Waals surface area contributed by atoms with Crippen molar-refractivity contribution in [3.8, 4) is 5.75 Å². The largest absolute Gasteiger partial charge is 0.480 e. The number of aliphatic carboxylic acids is 1. The molecule has 1 aliphatic heterocycles. The number of aromatic amines is 1. The third-order valence-corrected chi connectivity index (χ3v) is 7.16. The van der Waals surface area contributed by atoms with Crippen molar-refractivity contribution in [3.63, 3.8) is 0 Å². The van der Waals surface area contributed by atoms with Crippen LogP contribution in [0.4, 0.5) is 22.2 Å². The van der Waals surface area contributed by atoms with Gasteiger partial charge in [-0.05, 0) is 51.3 Å². The molecule has 0 saturated carbocycles. The Bertz CT molecular complexity index is 1360. The third kappa shape index (κ3) is 7.31. The number of anilines is 3. The molecule has 222 valence electrons. The molecule has 0 unspecified atom stereocenters. The van der Waals surface area contributed by atoms with Gasteiger partial charge in [0.2, 0.25) is 5.95 Å². The van der Waals surface area contributed by atoms with Crippen molar-refractivity contribution in [3.05, 3.63) is 66.1 Å². The van der Waals surface area contributed by atoms with E-state index in [1.54, 1.807) is 59.9 Å². The van der Waals surface area contributed by atoms with Gasteiger partial charge in [0, 0.05) is 51.3 Å². The van der Waals surface area contributed by atoms with Crippen LogP contribution in [-0.2, 0) is 11.2 Å². The number of nitrogens with one attached hydrogen (secondary N) is 2. The summed E-state index contributed by atoms with van der Waals surface area (Å²) in [4.78, 5) is 55.4. The first-order valence-electron chi connectivity index (χ1n) is 14.3. The molecule has 12 heteroatoms. The standard InChI is InChI=1S/C30H37N7O5/c1-4-35(5-2)29-32-20-25(37(6-3)27(38)22-13-15-31-16-14-22)26(34-29)33-24(28(39)40)19-21-9-11-23(12-10-21)42-30(41)36-17-7-8-18-36/h9-16,20,24H,4-8,17-19H2,1-3H3,(H,39,40)(H,32,33,34)/p+1/t24-/m0/s1. The van der Waals surface area contributed by atoms with Crippen LogP contribution in [0.1, 0.15) is 49.5 Å². The summed E-state index contributed by atoms with van der Waals surface area (Å²) in [5.74, 6) is -0.278. The van der Waals surface area contributed by atoms with E-state index >= 15 is 0 Å². The maximum Gasteiger partial charge on any atom is 0.415 e. The average molecular weight is 577 g/mol. The number of hydrogen-bond acceptors (Lipinski definition) is 8. The molecule has 1 aromatic carbocycles. The first kappa shape index (κ1) is 30.2. The van der Waals surface area contributed by atoms with Crippen LogP contribution < -0.4 is 24.8 Å². The number of benzene rings is 1. The zero-order valence-electron chi connectivity index (χ0n) is 24.2. The van der Waals surface area contributed by atoms with E-state index in [0.717, 1.165) is 18.4 Å². The highest BCUT2D eigenvalue weighted by atomic mass is 16.6. The summed E-state index contributed by atoms with van der Waals surface area (Å²) in [7, 11) is 0. The molecule has 3 heterocycles. The maximum atomic E-state index is 13.4. The topological polar surface area (TPSA) is 142 Å². The number of ether oxygens (including phenoxy) is 1. The van der Waals surface area contributed by atoms with Crippen LogP contribution in [0.3, 0.4) is 0 Å². The molecule has 0 radical (unpaired) electrons. The van der Waals surface area contributed by atoms with E-state index < -0.39 is 12.0 Å². The lowest BCUT2D eigenvalue weighted by molar-refractivity contribution is -0.378. The summed E-state index contributed by atoms with van der Waals surface area (Å²) in [5.41, 5.74) is 1.57. The van der Waals surface area contributed by atoms with Gasteiger partial charge in [-0.3, -0.25) is 4.79 Å². The lowest BCUT2D eigenvalue weighted by Gasteiger charge is -2.27. The molecule has 0 aliphatic carbocycles. The predicted octanol–water partition coefficient (Wildman–Crippen LogP) is 3.51. The molecule has 1 atom stereocenters. The highest BCUT2D eigenvalue weighted by molar-refractivity contribution is 6.07. The molecular weight excluding hydrogens is 538 g/mol. The number of carboxylic acid groups (broad SMARTS) is 1. The van der Waals surface area contributed by atoms with Gasteiger partial charge in [0.1, 0.15) is 17.5 Å². The molecule has 0 bridgehead atoms. The Morgan fingerprint density at radius 2 is 1.69 bits per heavy atom. The van der Waals surface area contributed by atoms with E-state index in [4.69, 9.17) is 4.74 Å². The molecule has 12 nitrogen and oxygen atoms in total. The van der Waals surface area contributed by atoms with Crippen LogP contribution in [0.2, 0.25) is 0 Å². The van der Waals surface area contributed by atoms with Crippen molar-refractivity contribution in [2.45, 2.75) is 46.1 Å². The number of hydrogen-bond donors (Lipinski definition) is 2. The number of carboxylic acids is 1. The van der Waals surface area contributed by atoms with Gasteiger partial charge < -0.3 is 29.9 Å². The van der Waals surface area contributed by atoms with Crippen LogP contribution >= 0.6 is 0 Å². The Morgan fingerprint density at radius 1 is 1.02 bits per heavy atom. The highest BCUT2D eigenvalue weighted by Crippen LogP contribution is 2.28. The molecule has 1 fully saturated rings. The van der Waals surface area contributed by atoms with Gasteiger partial charge in [-0.25, -0.2) is 19.6 Å². The summed E-state index contributed by atoms with van der Waals surface area (Å²) >= 11 is 0. The van der Waals surface area contributed by atoms with Crippen LogP contribution in [0.25, 0.3) is 0 Å². The maximum absolute atomic E-state index is 13.4. The number of H-pyrrole nitrogens is 1. The number of carbonyl (C=O) groups excluding carboxylic acids is 2. The lowest BCUT2D eigenvalue weighted by atomic mass is 10.1. The van der Waals surface area contributed by atoms with E-state index in [1.807, 2.05) is 25.7 Å². The molecule has 3 aromatic rings. The first-order valence-corrected chi connectivity index (χ1v) is 14.3. The Hall–Kier alpha value is -4.74. The van der Waals surface area contributed by atoms with E-state index in [0.29, 0.717) is 55.7 Å². The monoisotopic (exact) mass is 576 g/mol. The third-order valence-electron chi connectivity index (χ3n) is 7.16. The second kappa shape index (κ2) is 14.2. The predicted molar refractivity (Wildman–Crippen MR) is 158 cm³/mol. The van der Waals surface area contributed by atoms with Crippen LogP contribution in [-0.4, -0.2) is 76.7 Å². The number of carbonyl (C=O) groups is 3. The average Bonchev–Trinajstić information content (AvgIpc) is 3.55.